The van der Waals surface area contributed by atoms with Crippen LogP contribution in [0.15, 0.2) is 12.1 Å². The Balaban J connectivity index is 2.72. The first-order valence-electron chi connectivity index (χ1n) is 6.41. The Bertz CT molecular complexity index is 439. The van der Waals surface area contributed by atoms with Crippen molar-refractivity contribution in [1.82, 2.24) is 10.3 Å². The molecule has 106 valence electrons. The van der Waals surface area contributed by atoms with Crippen LogP contribution in [0.2, 0.25) is 5.02 Å². The van der Waals surface area contributed by atoms with Crippen LogP contribution in [0.25, 0.3) is 0 Å². The maximum absolute atomic E-state index is 12.1. The third-order valence-corrected chi connectivity index (χ3v) is 3.34. The van der Waals surface area contributed by atoms with Crippen molar-refractivity contribution in [2.24, 2.45) is 11.8 Å². The van der Waals surface area contributed by atoms with Gasteiger partial charge in [-0.2, -0.15) is 0 Å². The molecule has 1 aromatic rings. The zero-order chi connectivity index (χ0) is 14.4. The number of carbonyl (C=O) groups is 1. The SMILES string of the molecule is CCC(C)CC(C)NC(=O)c1nc(NN)ccc1Cl. The van der Waals surface area contributed by atoms with Gasteiger partial charge in [-0.05, 0) is 31.4 Å². The minimum absolute atomic E-state index is 0.0785. The molecule has 0 radical (unpaired) electrons. The molecule has 1 aromatic heterocycles. The van der Waals surface area contributed by atoms with Crippen molar-refractivity contribution in [3.05, 3.63) is 22.8 Å². The van der Waals surface area contributed by atoms with E-state index in [4.69, 9.17) is 17.4 Å². The van der Waals surface area contributed by atoms with Crippen LogP contribution in [0.4, 0.5) is 5.82 Å². The van der Waals surface area contributed by atoms with Gasteiger partial charge in [0, 0.05) is 6.04 Å². The minimum atomic E-state index is -0.280. The summed E-state index contributed by atoms with van der Waals surface area (Å²) in [5.74, 6) is 5.96. The molecule has 0 aliphatic carbocycles. The van der Waals surface area contributed by atoms with Crippen LogP contribution in [0.1, 0.15) is 44.1 Å². The summed E-state index contributed by atoms with van der Waals surface area (Å²) in [6.45, 7) is 6.27. The van der Waals surface area contributed by atoms with Crippen molar-refractivity contribution in [2.45, 2.75) is 39.7 Å². The largest absolute Gasteiger partial charge is 0.348 e. The predicted octanol–water partition coefficient (Wildman–Crippen LogP) is 2.58. The summed E-state index contributed by atoms with van der Waals surface area (Å²) in [4.78, 5) is 16.2. The summed E-state index contributed by atoms with van der Waals surface area (Å²) in [7, 11) is 0. The van der Waals surface area contributed by atoms with Gasteiger partial charge in [0.05, 0.1) is 5.02 Å². The fraction of sp³-hybridized carbons (Fsp3) is 0.538. The predicted molar refractivity (Wildman–Crippen MR) is 78.1 cm³/mol. The number of hydrogen-bond acceptors (Lipinski definition) is 4. The number of aromatic nitrogens is 1. The number of nitrogens with zero attached hydrogens (tertiary/aromatic N) is 1. The van der Waals surface area contributed by atoms with E-state index in [0.717, 1.165) is 12.8 Å². The van der Waals surface area contributed by atoms with Gasteiger partial charge in [0.25, 0.3) is 5.91 Å². The van der Waals surface area contributed by atoms with Crippen LogP contribution < -0.4 is 16.6 Å². The lowest BCUT2D eigenvalue weighted by Gasteiger charge is -2.17. The van der Waals surface area contributed by atoms with Crippen LogP contribution in [-0.2, 0) is 0 Å². The number of hydrogen-bond donors (Lipinski definition) is 3. The van der Waals surface area contributed by atoms with Gasteiger partial charge < -0.3 is 10.7 Å². The van der Waals surface area contributed by atoms with Crippen molar-refractivity contribution in [3.8, 4) is 0 Å². The molecule has 19 heavy (non-hydrogen) atoms. The van der Waals surface area contributed by atoms with E-state index in [1.165, 1.54) is 0 Å². The summed E-state index contributed by atoms with van der Waals surface area (Å²) in [6, 6.07) is 3.29. The maximum Gasteiger partial charge on any atom is 0.271 e. The quantitative estimate of drug-likeness (QED) is 0.554. The fourth-order valence-electron chi connectivity index (χ4n) is 1.80. The first kappa shape index (κ1) is 15.7. The van der Waals surface area contributed by atoms with E-state index in [2.05, 4.69) is 29.6 Å². The van der Waals surface area contributed by atoms with Crippen molar-refractivity contribution in [2.75, 3.05) is 5.43 Å². The summed E-state index contributed by atoms with van der Waals surface area (Å²) >= 11 is 5.97. The molecule has 0 spiro atoms. The van der Waals surface area contributed by atoms with Crippen LogP contribution in [0.5, 0.6) is 0 Å². The smallest absolute Gasteiger partial charge is 0.271 e. The molecule has 5 nitrogen and oxygen atoms in total. The highest BCUT2D eigenvalue weighted by molar-refractivity contribution is 6.33. The summed E-state index contributed by atoms with van der Waals surface area (Å²) in [5.41, 5.74) is 2.58. The van der Waals surface area contributed by atoms with E-state index in [1.54, 1.807) is 12.1 Å². The second-order valence-electron chi connectivity index (χ2n) is 4.79. The molecule has 0 aliphatic heterocycles. The highest BCUT2D eigenvalue weighted by atomic mass is 35.5. The van der Waals surface area contributed by atoms with Crippen molar-refractivity contribution in [1.29, 1.82) is 0 Å². The molecular weight excluding hydrogens is 264 g/mol. The van der Waals surface area contributed by atoms with Gasteiger partial charge in [0.2, 0.25) is 0 Å². The lowest BCUT2D eigenvalue weighted by Crippen LogP contribution is -2.34. The number of pyridine rings is 1. The molecule has 4 N–H and O–H groups in total. The molecule has 0 saturated carbocycles. The summed E-state index contributed by atoms with van der Waals surface area (Å²) in [5, 5.41) is 3.21. The van der Waals surface area contributed by atoms with E-state index in [1.807, 2.05) is 6.92 Å². The minimum Gasteiger partial charge on any atom is -0.348 e. The lowest BCUT2D eigenvalue weighted by molar-refractivity contribution is 0.0930. The number of halogens is 1. The number of anilines is 1. The average Bonchev–Trinajstić information content (AvgIpc) is 2.38. The number of hydrazine groups is 1. The number of nitrogen functional groups attached to an aromatic ring is 1. The Labute approximate surface area is 118 Å². The van der Waals surface area contributed by atoms with Crippen molar-refractivity contribution >= 4 is 23.3 Å². The maximum atomic E-state index is 12.1. The van der Waals surface area contributed by atoms with Gasteiger partial charge in [0.1, 0.15) is 11.5 Å². The highest BCUT2D eigenvalue weighted by Crippen LogP contribution is 2.17. The standard InChI is InChI=1S/C13H21ClN4O/c1-4-8(2)7-9(3)16-13(19)12-10(14)5-6-11(17-12)18-15/h5-6,8-9H,4,7,15H2,1-3H3,(H,16,19)(H,17,18). The molecule has 0 aliphatic rings. The van der Waals surface area contributed by atoms with Crippen LogP contribution in [0, 0.1) is 5.92 Å². The molecule has 6 heteroatoms. The van der Waals surface area contributed by atoms with E-state index >= 15 is 0 Å². The molecule has 0 saturated heterocycles. The molecule has 1 rings (SSSR count). The first-order valence-corrected chi connectivity index (χ1v) is 6.79. The molecular formula is C13H21ClN4O. The number of carbonyl (C=O) groups excluding carboxylic acids is 1. The number of amides is 1. The molecule has 1 amide bonds. The Morgan fingerprint density at radius 2 is 2.16 bits per heavy atom. The second-order valence-corrected chi connectivity index (χ2v) is 5.20. The average molecular weight is 285 g/mol. The van der Waals surface area contributed by atoms with Crippen LogP contribution in [0.3, 0.4) is 0 Å². The number of nitrogens with two attached hydrogens (primary N) is 1. The summed E-state index contributed by atoms with van der Waals surface area (Å²) < 4.78 is 0. The third-order valence-electron chi connectivity index (χ3n) is 3.04. The van der Waals surface area contributed by atoms with Gasteiger partial charge in [-0.3, -0.25) is 4.79 Å². The van der Waals surface area contributed by atoms with Crippen molar-refractivity contribution < 1.29 is 4.79 Å². The lowest BCUT2D eigenvalue weighted by atomic mass is 10.0. The summed E-state index contributed by atoms with van der Waals surface area (Å²) in [6.07, 6.45) is 2.01. The van der Waals surface area contributed by atoms with E-state index < -0.39 is 0 Å². The molecule has 2 unspecified atom stereocenters. The first-order chi connectivity index (χ1) is 8.97. The second kappa shape index (κ2) is 7.31. The monoisotopic (exact) mass is 284 g/mol. The number of rotatable bonds is 6. The molecule has 1 heterocycles. The topological polar surface area (TPSA) is 80.0 Å². The number of nitrogens with one attached hydrogen (secondary N) is 2. The Hall–Kier alpha value is -1.33. The van der Waals surface area contributed by atoms with Gasteiger partial charge >= 0.3 is 0 Å². The highest BCUT2D eigenvalue weighted by Gasteiger charge is 2.16. The van der Waals surface area contributed by atoms with E-state index in [9.17, 15) is 4.79 Å². The third kappa shape index (κ3) is 4.69. The van der Waals surface area contributed by atoms with Crippen LogP contribution in [-0.4, -0.2) is 16.9 Å². The Morgan fingerprint density at radius 3 is 2.74 bits per heavy atom. The molecule has 2 atom stereocenters. The van der Waals surface area contributed by atoms with Crippen molar-refractivity contribution in [3.63, 3.8) is 0 Å². The Kier molecular flexibility index (Phi) is 6.05. The van der Waals surface area contributed by atoms with Gasteiger partial charge in [-0.25, -0.2) is 10.8 Å². The fourth-order valence-corrected chi connectivity index (χ4v) is 1.99. The molecule has 0 aromatic carbocycles. The zero-order valence-electron chi connectivity index (χ0n) is 11.5. The molecule has 0 fully saturated rings. The zero-order valence-corrected chi connectivity index (χ0v) is 12.3. The van der Waals surface area contributed by atoms with Gasteiger partial charge in [-0.15, -0.1) is 0 Å². The van der Waals surface area contributed by atoms with E-state index in [-0.39, 0.29) is 17.6 Å². The van der Waals surface area contributed by atoms with Gasteiger partial charge in [-0.1, -0.05) is 31.9 Å². The van der Waals surface area contributed by atoms with E-state index in [0.29, 0.717) is 16.8 Å². The normalized spacial score (nSPS) is 13.7. The van der Waals surface area contributed by atoms with Gasteiger partial charge in [0.15, 0.2) is 0 Å². The van der Waals surface area contributed by atoms with Crippen LogP contribution >= 0.6 is 11.6 Å². The Morgan fingerprint density at radius 1 is 1.47 bits per heavy atom. The molecule has 0 bridgehead atoms.